The van der Waals surface area contributed by atoms with E-state index in [9.17, 15) is 9.59 Å². The zero-order chi connectivity index (χ0) is 12.8. The van der Waals surface area contributed by atoms with E-state index in [4.69, 9.17) is 0 Å². The molecule has 4 nitrogen and oxygen atoms in total. The molecular formula is C12H14INO3. The van der Waals surface area contributed by atoms with Gasteiger partial charge in [-0.05, 0) is 18.6 Å². The molecule has 1 amide bonds. The smallest absolute Gasteiger partial charge is 0.320 e. The highest BCUT2D eigenvalue weighted by atomic mass is 127. The van der Waals surface area contributed by atoms with Crippen LogP contribution in [0.2, 0.25) is 0 Å². The standard InChI is InChI=1S/C12H14INO3/c1-8-5-3-4-6-9(8)11(15)14-7-10(13)12(16)17-2/h3-6,10H,7H2,1-2H3,(H,14,15). The molecule has 1 aromatic rings. The second-order valence-corrected chi connectivity index (χ2v) is 5.02. The molecule has 0 spiro atoms. The summed E-state index contributed by atoms with van der Waals surface area (Å²) in [7, 11) is 1.33. The highest BCUT2D eigenvalue weighted by Crippen LogP contribution is 2.07. The van der Waals surface area contributed by atoms with Crippen LogP contribution in [0.4, 0.5) is 0 Å². The first kappa shape index (κ1) is 14.0. The first-order valence-electron chi connectivity index (χ1n) is 5.12. The fraction of sp³-hybridized carbons (Fsp3) is 0.333. The molecule has 1 N–H and O–H groups in total. The van der Waals surface area contributed by atoms with Gasteiger partial charge in [0.05, 0.1) is 7.11 Å². The van der Waals surface area contributed by atoms with E-state index >= 15 is 0 Å². The van der Waals surface area contributed by atoms with Crippen molar-refractivity contribution in [2.24, 2.45) is 0 Å². The van der Waals surface area contributed by atoms with Gasteiger partial charge in [0.2, 0.25) is 0 Å². The number of carbonyl (C=O) groups is 2. The molecule has 17 heavy (non-hydrogen) atoms. The summed E-state index contributed by atoms with van der Waals surface area (Å²) in [4.78, 5) is 23.0. The number of rotatable bonds is 4. The molecule has 0 aliphatic carbocycles. The lowest BCUT2D eigenvalue weighted by Gasteiger charge is -2.10. The van der Waals surface area contributed by atoms with Crippen LogP contribution in [0.5, 0.6) is 0 Å². The Morgan fingerprint density at radius 3 is 2.65 bits per heavy atom. The highest BCUT2D eigenvalue weighted by Gasteiger charge is 2.16. The van der Waals surface area contributed by atoms with Gasteiger partial charge in [0.25, 0.3) is 5.91 Å². The lowest BCUT2D eigenvalue weighted by atomic mass is 10.1. The van der Waals surface area contributed by atoms with Crippen molar-refractivity contribution in [2.75, 3.05) is 13.7 Å². The minimum absolute atomic E-state index is 0.173. The Morgan fingerprint density at radius 1 is 1.41 bits per heavy atom. The number of hydrogen-bond donors (Lipinski definition) is 1. The third kappa shape index (κ3) is 3.99. The molecule has 0 aliphatic rings. The van der Waals surface area contributed by atoms with E-state index < -0.39 is 0 Å². The monoisotopic (exact) mass is 347 g/mol. The van der Waals surface area contributed by atoms with Crippen molar-refractivity contribution in [3.8, 4) is 0 Å². The maximum Gasteiger partial charge on any atom is 0.320 e. The van der Waals surface area contributed by atoms with Crippen LogP contribution >= 0.6 is 22.6 Å². The number of alkyl halides is 1. The predicted molar refractivity (Wildman–Crippen MR) is 73.3 cm³/mol. The summed E-state index contributed by atoms with van der Waals surface area (Å²) >= 11 is 1.94. The fourth-order valence-electron chi connectivity index (χ4n) is 1.32. The van der Waals surface area contributed by atoms with Crippen LogP contribution < -0.4 is 5.32 Å². The number of amides is 1. The van der Waals surface area contributed by atoms with Crippen molar-refractivity contribution in [2.45, 2.75) is 10.8 Å². The number of carbonyl (C=O) groups excluding carboxylic acids is 2. The number of methoxy groups -OCH3 is 1. The van der Waals surface area contributed by atoms with E-state index in [1.807, 2.05) is 47.7 Å². The van der Waals surface area contributed by atoms with Crippen LogP contribution in [0.25, 0.3) is 0 Å². The van der Waals surface area contributed by atoms with Crippen LogP contribution in [0.1, 0.15) is 15.9 Å². The second-order valence-electron chi connectivity index (χ2n) is 3.52. The van der Waals surface area contributed by atoms with E-state index in [-0.39, 0.29) is 22.3 Å². The van der Waals surface area contributed by atoms with Crippen molar-refractivity contribution >= 4 is 34.5 Å². The quantitative estimate of drug-likeness (QED) is 0.513. The van der Waals surface area contributed by atoms with E-state index in [2.05, 4.69) is 10.1 Å². The van der Waals surface area contributed by atoms with Crippen molar-refractivity contribution in [3.05, 3.63) is 35.4 Å². The largest absolute Gasteiger partial charge is 0.468 e. The number of hydrogen-bond acceptors (Lipinski definition) is 3. The molecule has 0 aliphatic heterocycles. The minimum atomic E-state index is -0.370. The van der Waals surface area contributed by atoms with Gasteiger partial charge in [-0.15, -0.1) is 0 Å². The summed E-state index contributed by atoms with van der Waals surface area (Å²) in [6.45, 7) is 2.14. The molecule has 0 saturated heterocycles. The Hall–Kier alpha value is -1.11. The molecule has 1 aromatic carbocycles. The number of aryl methyl sites for hydroxylation is 1. The summed E-state index contributed by atoms with van der Waals surface area (Å²) in [5.74, 6) is -0.510. The van der Waals surface area contributed by atoms with Crippen LogP contribution in [-0.2, 0) is 9.53 Å². The predicted octanol–water partition coefficient (Wildman–Crippen LogP) is 1.70. The highest BCUT2D eigenvalue weighted by molar-refractivity contribution is 14.1. The Bertz CT molecular complexity index is 420. The van der Waals surface area contributed by atoms with Gasteiger partial charge in [-0.25, -0.2) is 0 Å². The lowest BCUT2D eigenvalue weighted by Crippen LogP contribution is -2.34. The minimum Gasteiger partial charge on any atom is -0.468 e. The molecule has 1 atom stereocenters. The first-order chi connectivity index (χ1) is 8.06. The molecule has 0 saturated carbocycles. The van der Waals surface area contributed by atoms with Gasteiger partial charge >= 0.3 is 5.97 Å². The van der Waals surface area contributed by atoms with Crippen molar-refractivity contribution in [1.29, 1.82) is 0 Å². The maximum atomic E-state index is 11.8. The van der Waals surface area contributed by atoms with Gasteiger partial charge in [0.1, 0.15) is 3.92 Å². The van der Waals surface area contributed by atoms with Crippen LogP contribution in [-0.4, -0.2) is 29.5 Å². The Morgan fingerprint density at radius 2 is 2.06 bits per heavy atom. The molecule has 5 heteroatoms. The molecule has 0 aromatic heterocycles. The van der Waals surface area contributed by atoms with E-state index in [1.165, 1.54) is 7.11 Å². The molecule has 0 heterocycles. The zero-order valence-electron chi connectivity index (χ0n) is 9.70. The van der Waals surface area contributed by atoms with Gasteiger partial charge in [-0.3, -0.25) is 9.59 Å². The zero-order valence-corrected chi connectivity index (χ0v) is 11.9. The SMILES string of the molecule is COC(=O)C(I)CNC(=O)c1ccccc1C. The van der Waals surface area contributed by atoms with Crippen LogP contribution in [0.3, 0.4) is 0 Å². The van der Waals surface area contributed by atoms with Crippen molar-refractivity contribution in [1.82, 2.24) is 5.32 Å². The first-order valence-corrected chi connectivity index (χ1v) is 6.36. The molecule has 1 rings (SSSR count). The Labute approximate surface area is 114 Å². The van der Waals surface area contributed by atoms with Crippen LogP contribution in [0, 0.1) is 6.92 Å². The molecule has 0 bridgehead atoms. The fourth-order valence-corrected chi connectivity index (χ4v) is 1.79. The molecule has 92 valence electrons. The van der Waals surface area contributed by atoms with Gasteiger partial charge in [0.15, 0.2) is 0 Å². The molecule has 0 fully saturated rings. The summed E-state index contributed by atoms with van der Waals surface area (Å²) in [6, 6.07) is 7.31. The van der Waals surface area contributed by atoms with Gasteiger partial charge in [-0.1, -0.05) is 40.8 Å². The number of ether oxygens (including phenoxy) is 1. The average Bonchev–Trinajstić information content (AvgIpc) is 2.35. The Kier molecular flexibility index (Phi) is 5.40. The number of esters is 1. The Balaban J connectivity index is 2.57. The maximum absolute atomic E-state index is 11.8. The van der Waals surface area contributed by atoms with E-state index in [0.29, 0.717) is 5.56 Å². The normalized spacial score (nSPS) is 11.7. The van der Waals surface area contributed by atoms with Gasteiger partial charge < -0.3 is 10.1 Å². The topological polar surface area (TPSA) is 55.4 Å². The number of nitrogens with one attached hydrogen (secondary N) is 1. The summed E-state index contributed by atoms with van der Waals surface area (Å²) in [6.07, 6.45) is 0. The number of benzene rings is 1. The molecule has 1 unspecified atom stereocenters. The van der Waals surface area contributed by atoms with Crippen molar-refractivity contribution in [3.63, 3.8) is 0 Å². The number of halogens is 1. The average molecular weight is 347 g/mol. The summed E-state index contributed by atoms with van der Waals surface area (Å²) in [5.41, 5.74) is 1.54. The summed E-state index contributed by atoms with van der Waals surface area (Å²) in [5, 5.41) is 2.71. The summed E-state index contributed by atoms with van der Waals surface area (Å²) < 4.78 is 4.21. The van der Waals surface area contributed by atoms with E-state index in [1.54, 1.807) is 6.07 Å². The molecular weight excluding hydrogens is 333 g/mol. The molecule has 0 radical (unpaired) electrons. The van der Waals surface area contributed by atoms with Crippen LogP contribution in [0.15, 0.2) is 24.3 Å². The van der Waals surface area contributed by atoms with Gasteiger partial charge in [-0.2, -0.15) is 0 Å². The third-order valence-electron chi connectivity index (χ3n) is 2.29. The second kappa shape index (κ2) is 6.58. The third-order valence-corrected chi connectivity index (χ3v) is 3.24. The lowest BCUT2D eigenvalue weighted by molar-refractivity contribution is -0.139. The van der Waals surface area contributed by atoms with Crippen molar-refractivity contribution < 1.29 is 14.3 Å². The van der Waals surface area contributed by atoms with E-state index in [0.717, 1.165) is 5.56 Å². The van der Waals surface area contributed by atoms with Gasteiger partial charge in [0, 0.05) is 12.1 Å².